The van der Waals surface area contributed by atoms with Crippen LogP contribution in [-0.4, -0.2) is 41.9 Å². The number of morpholine rings is 1. The lowest BCUT2D eigenvalue weighted by Gasteiger charge is -2.44. The van der Waals surface area contributed by atoms with E-state index in [9.17, 15) is 18.0 Å². The standard InChI is InChI=1S/C20H24F3NO3/c1-19(2,3)27-18(25)24-15-9-13(10-16(24)12-26-11-15)8-14-6-4-5-7-17(14)20(21,22)23/h4-7,9,15-16H,8,10-12H2,1-3H3. The molecule has 27 heavy (non-hydrogen) atoms. The van der Waals surface area contributed by atoms with E-state index in [0.717, 1.165) is 11.6 Å². The molecule has 2 bridgehead atoms. The van der Waals surface area contributed by atoms with Crippen LogP contribution in [0.1, 0.15) is 38.3 Å². The quantitative estimate of drug-likeness (QED) is 0.702. The first-order chi connectivity index (χ1) is 12.5. The third kappa shape index (κ3) is 4.64. The summed E-state index contributed by atoms with van der Waals surface area (Å²) in [5.41, 5.74) is -0.0744. The van der Waals surface area contributed by atoms with Crippen molar-refractivity contribution in [1.82, 2.24) is 4.90 Å². The highest BCUT2D eigenvalue weighted by Gasteiger charge is 2.40. The molecular formula is C20H24F3NO3. The van der Waals surface area contributed by atoms with E-state index in [-0.39, 0.29) is 24.1 Å². The van der Waals surface area contributed by atoms with Crippen LogP contribution in [0.15, 0.2) is 35.9 Å². The largest absolute Gasteiger partial charge is 0.444 e. The molecule has 2 atom stereocenters. The van der Waals surface area contributed by atoms with Gasteiger partial charge < -0.3 is 9.47 Å². The van der Waals surface area contributed by atoms with Gasteiger partial charge in [0.05, 0.1) is 30.9 Å². The fourth-order valence-electron chi connectivity index (χ4n) is 3.61. The van der Waals surface area contributed by atoms with Crippen LogP contribution >= 0.6 is 0 Å². The van der Waals surface area contributed by atoms with Gasteiger partial charge in [0.15, 0.2) is 0 Å². The Bertz CT molecular complexity index is 737. The Balaban J connectivity index is 1.82. The Labute approximate surface area is 156 Å². The molecule has 0 N–H and O–H groups in total. The fraction of sp³-hybridized carbons (Fsp3) is 0.550. The van der Waals surface area contributed by atoms with E-state index in [1.165, 1.54) is 12.1 Å². The van der Waals surface area contributed by atoms with Gasteiger partial charge in [0.1, 0.15) is 5.60 Å². The molecule has 2 heterocycles. The molecule has 3 rings (SSSR count). The van der Waals surface area contributed by atoms with Crippen molar-refractivity contribution in [3.8, 4) is 0 Å². The van der Waals surface area contributed by atoms with E-state index < -0.39 is 23.4 Å². The molecule has 7 heteroatoms. The van der Waals surface area contributed by atoms with Gasteiger partial charge in [-0.2, -0.15) is 13.2 Å². The van der Waals surface area contributed by atoms with Crippen LogP contribution in [0.4, 0.5) is 18.0 Å². The number of alkyl halides is 3. The van der Waals surface area contributed by atoms with E-state index in [1.54, 1.807) is 31.7 Å². The molecule has 2 aliphatic heterocycles. The summed E-state index contributed by atoms with van der Waals surface area (Å²) in [6.45, 7) is 6.08. The first-order valence-corrected chi connectivity index (χ1v) is 8.98. The van der Waals surface area contributed by atoms with Crippen LogP contribution in [-0.2, 0) is 22.1 Å². The van der Waals surface area contributed by atoms with Crippen molar-refractivity contribution in [2.24, 2.45) is 0 Å². The minimum atomic E-state index is -4.38. The molecule has 1 fully saturated rings. The number of carbonyl (C=O) groups is 1. The molecule has 0 saturated carbocycles. The summed E-state index contributed by atoms with van der Waals surface area (Å²) < 4.78 is 50.8. The van der Waals surface area contributed by atoms with Crippen LogP contribution in [0.25, 0.3) is 0 Å². The van der Waals surface area contributed by atoms with Gasteiger partial charge in [-0.25, -0.2) is 4.79 Å². The average Bonchev–Trinajstić information content (AvgIpc) is 2.51. The van der Waals surface area contributed by atoms with Gasteiger partial charge in [0.25, 0.3) is 0 Å². The Kier molecular flexibility index (Phi) is 5.25. The van der Waals surface area contributed by atoms with E-state index in [4.69, 9.17) is 9.47 Å². The lowest BCUT2D eigenvalue weighted by Crippen LogP contribution is -2.57. The minimum Gasteiger partial charge on any atom is -0.444 e. The van der Waals surface area contributed by atoms with Crippen molar-refractivity contribution in [2.75, 3.05) is 13.2 Å². The second-order valence-corrected chi connectivity index (χ2v) is 8.01. The first kappa shape index (κ1) is 19.7. The fourth-order valence-corrected chi connectivity index (χ4v) is 3.61. The van der Waals surface area contributed by atoms with Crippen molar-refractivity contribution in [1.29, 1.82) is 0 Å². The summed E-state index contributed by atoms with van der Waals surface area (Å²) in [6, 6.07) is 5.09. The molecule has 1 aromatic carbocycles. The Morgan fingerprint density at radius 3 is 2.56 bits per heavy atom. The molecule has 1 amide bonds. The van der Waals surface area contributed by atoms with Gasteiger partial charge in [-0.15, -0.1) is 0 Å². The molecule has 0 aliphatic carbocycles. The van der Waals surface area contributed by atoms with Crippen LogP contribution in [0.3, 0.4) is 0 Å². The summed E-state index contributed by atoms with van der Waals surface area (Å²) in [6.07, 6.45) is -2.25. The zero-order chi connectivity index (χ0) is 19.8. The lowest BCUT2D eigenvalue weighted by atomic mass is 9.89. The van der Waals surface area contributed by atoms with Crippen LogP contribution in [0.2, 0.25) is 0 Å². The maximum Gasteiger partial charge on any atom is 0.416 e. The predicted molar refractivity (Wildman–Crippen MR) is 94.3 cm³/mol. The van der Waals surface area contributed by atoms with Crippen LogP contribution < -0.4 is 0 Å². The van der Waals surface area contributed by atoms with Crippen molar-refractivity contribution in [3.05, 3.63) is 47.0 Å². The van der Waals surface area contributed by atoms with Gasteiger partial charge in [-0.3, -0.25) is 4.90 Å². The molecule has 148 valence electrons. The number of amides is 1. The molecular weight excluding hydrogens is 359 g/mol. The molecule has 2 aliphatic rings. The SMILES string of the molecule is CC(C)(C)OC(=O)N1C2C=C(Cc3ccccc3C(F)(F)F)CC1COC2. The highest BCUT2D eigenvalue weighted by atomic mass is 19.4. The maximum absolute atomic E-state index is 13.2. The Morgan fingerprint density at radius 2 is 1.93 bits per heavy atom. The van der Waals surface area contributed by atoms with Crippen molar-refractivity contribution in [3.63, 3.8) is 0 Å². The third-order valence-electron chi connectivity index (χ3n) is 4.62. The monoisotopic (exact) mass is 383 g/mol. The van der Waals surface area contributed by atoms with Crippen LogP contribution in [0.5, 0.6) is 0 Å². The van der Waals surface area contributed by atoms with Crippen molar-refractivity contribution >= 4 is 6.09 Å². The lowest BCUT2D eigenvalue weighted by molar-refractivity contribution is -0.138. The van der Waals surface area contributed by atoms with Gasteiger partial charge in [0.2, 0.25) is 0 Å². The van der Waals surface area contributed by atoms with E-state index in [0.29, 0.717) is 19.6 Å². The number of ether oxygens (including phenoxy) is 2. The van der Waals surface area contributed by atoms with E-state index in [1.807, 2.05) is 6.08 Å². The number of halogens is 3. The molecule has 1 saturated heterocycles. The zero-order valence-corrected chi connectivity index (χ0v) is 15.7. The smallest absolute Gasteiger partial charge is 0.416 e. The van der Waals surface area contributed by atoms with E-state index in [2.05, 4.69) is 0 Å². The average molecular weight is 383 g/mol. The summed E-state index contributed by atoms with van der Waals surface area (Å²) in [5, 5.41) is 0. The number of hydrogen-bond acceptors (Lipinski definition) is 3. The van der Waals surface area contributed by atoms with Gasteiger partial charge in [0, 0.05) is 0 Å². The second-order valence-electron chi connectivity index (χ2n) is 8.01. The minimum absolute atomic E-state index is 0.213. The van der Waals surface area contributed by atoms with Crippen molar-refractivity contribution in [2.45, 2.75) is 57.5 Å². The van der Waals surface area contributed by atoms with Gasteiger partial charge in [-0.1, -0.05) is 29.8 Å². The second kappa shape index (κ2) is 7.19. The number of rotatable bonds is 2. The molecule has 2 unspecified atom stereocenters. The van der Waals surface area contributed by atoms with Crippen LogP contribution in [0, 0.1) is 0 Å². The Hall–Kier alpha value is -2.02. The van der Waals surface area contributed by atoms with E-state index >= 15 is 0 Å². The van der Waals surface area contributed by atoms with Gasteiger partial charge >= 0.3 is 12.3 Å². The molecule has 0 spiro atoms. The topological polar surface area (TPSA) is 38.8 Å². The zero-order valence-electron chi connectivity index (χ0n) is 15.7. The summed E-state index contributed by atoms with van der Waals surface area (Å²) in [7, 11) is 0. The molecule has 0 radical (unpaired) electrons. The van der Waals surface area contributed by atoms with Gasteiger partial charge in [-0.05, 0) is 45.2 Å². The highest BCUT2D eigenvalue weighted by molar-refractivity contribution is 5.70. The number of carbonyl (C=O) groups excluding carboxylic acids is 1. The third-order valence-corrected chi connectivity index (χ3v) is 4.62. The number of nitrogens with zero attached hydrogens (tertiary/aromatic N) is 1. The molecule has 1 aromatic rings. The number of hydrogen-bond donors (Lipinski definition) is 0. The summed E-state index contributed by atoms with van der Waals surface area (Å²) in [4.78, 5) is 14.2. The predicted octanol–water partition coefficient (Wildman–Crippen LogP) is 4.58. The maximum atomic E-state index is 13.2. The van der Waals surface area contributed by atoms with Crippen molar-refractivity contribution < 1.29 is 27.4 Å². The number of fused-ring (bicyclic) bond motifs is 2. The summed E-state index contributed by atoms with van der Waals surface area (Å²) >= 11 is 0. The normalized spacial score (nSPS) is 23.0. The first-order valence-electron chi connectivity index (χ1n) is 8.98. The Morgan fingerprint density at radius 1 is 1.22 bits per heavy atom. The number of benzene rings is 1. The highest BCUT2D eigenvalue weighted by Crippen LogP contribution is 2.35. The summed E-state index contributed by atoms with van der Waals surface area (Å²) in [5.74, 6) is 0. The molecule has 0 aromatic heterocycles. The molecule has 4 nitrogen and oxygen atoms in total.